The molecule has 0 spiro atoms. The third-order valence-corrected chi connectivity index (χ3v) is 8.54. The van der Waals surface area contributed by atoms with E-state index in [0.29, 0.717) is 32.6 Å². The first-order chi connectivity index (χ1) is 19.9. The molecule has 0 radical (unpaired) electrons. The van der Waals surface area contributed by atoms with Gasteiger partial charge in [0.1, 0.15) is 12.0 Å². The smallest absolute Gasteiger partial charge is 0.257 e. The third kappa shape index (κ3) is 5.24. The molecule has 14 heteroatoms. The second-order valence-corrected chi connectivity index (χ2v) is 11.5. The van der Waals surface area contributed by atoms with Crippen LogP contribution in [0.15, 0.2) is 54.4 Å². The van der Waals surface area contributed by atoms with Crippen LogP contribution in [0.4, 0.5) is 19.6 Å². The summed E-state index contributed by atoms with van der Waals surface area (Å²) in [5.74, 6) is -0.934. The molecular formula is C28H26Cl2F2N8OS. The minimum absolute atomic E-state index is 0. The summed E-state index contributed by atoms with van der Waals surface area (Å²) in [4.78, 5) is 24.4. The zero-order valence-corrected chi connectivity index (χ0v) is 24.5. The van der Waals surface area contributed by atoms with Crippen molar-refractivity contribution in [3.05, 3.63) is 76.7 Å². The molecule has 9 nitrogen and oxygen atoms in total. The average molecular weight is 632 g/mol. The molecule has 7 rings (SSSR count). The molecule has 2 N–H and O–H groups in total. The fourth-order valence-corrected chi connectivity index (χ4v) is 6.43. The van der Waals surface area contributed by atoms with Crippen molar-refractivity contribution in [1.82, 2.24) is 29.6 Å². The Hall–Kier alpha value is -3.58. The molecule has 2 aromatic carbocycles. The molecule has 5 heterocycles. The average Bonchev–Trinajstić information content (AvgIpc) is 3.76. The van der Waals surface area contributed by atoms with Crippen molar-refractivity contribution in [2.75, 3.05) is 36.4 Å². The van der Waals surface area contributed by atoms with Crippen molar-refractivity contribution in [3.8, 4) is 11.1 Å². The van der Waals surface area contributed by atoms with Gasteiger partial charge in [-0.3, -0.25) is 14.8 Å². The van der Waals surface area contributed by atoms with Crippen LogP contribution in [0.2, 0.25) is 5.02 Å². The number of rotatable bonds is 6. The first-order valence-electron chi connectivity index (χ1n) is 13.3. The van der Waals surface area contributed by atoms with Gasteiger partial charge in [0.15, 0.2) is 11.2 Å². The van der Waals surface area contributed by atoms with Gasteiger partial charge in [-0.2, -0.15) is 5.10 Å². The van der Waals surface area contributed by atoms with Crippen LogP contribution < -0.4 is 15.5 Å². The predicted molar refractivity (Wildman–Crippen MR) is 162 cm³/mol. The Morgan fingerprint density at radius 1 is 1.17 bits per heavy atom. The SMILES string of the molecule is Cl.O=C(Nc1nccs1)C(c1ncn2c1CC(F)C2)n1cc2c(F)cc(-c3ccc(N4CCNCC4)c(Cl)c3)cc2n1. The number of imidazole rings is 1. The highest BCUT2D eigenvalue weighted by atomic mass is 35.5. The van der Waals surface area contributed by atoms with Crippen molar-refractivity contribution in [3.63, 3.8) is 0 Å². The van der Waals surface area contributed by atoms with Crippen molar-refractivity contribution >= 4 is 63.0 Å². The van der Waals surface area contributed by atoms with Gasteiger partial charge >= 0.3 is 0 Å². The summed E-state index contributed by atoms with van der Waals surface area (Å²) < 4.78 is 32.9. The molecule has 0 bridgehead atoms. The Labute approximate surface area is 254 Å². The van der Waals surface area contributed by atoms with E-state index in [1.807, 2.05) is 18.2 Å². The number of aromatic nitrogens is 5. The van der Waals surface area contributed by atoms with Gasteiger partial charge < -0.3 is 14.8 Å². The molecule has 3 aromatic heterocycles. The summed E-state index contributed by atoms with van der Waals surface area (Å²) in [6.45, 7) is 3.68. The Balaban J connectivity index is 0.00000316. The number of hydrogen-bond acceptors (Lipinski definition) is 7. The Kier molecular flexibility index (Phi) is 7.88. The van der Waals surface area contributed by atoms with Crippen molar-refractivity contribution < 1.29 is 13.6 Å². The number of piperazine rings is 1. The van der Waals surface area contributed by atoms with E-state index in [0.717, 1.165) is 37.4 Å². The van der Waals surface area contributed by atoms with E-state index in [-0.39, 0.29) is 30.8 Å². The van der Waals surface area contributed by atoms with Gasteiger partial charge in [-0.25, -0.2) is 18.7 Å². The zero-order chi connectivity index (χ0) is 28.1. The molecule has 2 aliphatic rings. The van der Waals surface area contributed by atoms with Crippen LogP contribution in [0.5, 0.6) is 0 Å². The van der Waals surface area contributed by atoms with E-state index >= 15 is 4.39 Å². The number of carbonyl (C=O) groups is 1. The molecule has 0 aliphatic carbocycles. The Morgan fingerprint density at radius 3 is 2.76 bits per heavy atom. The minimum atomic E-state index is -1.06. The molecular weight excluding hydrogens is 605 g/mol. The van der Waals surface area contributed by atoms with Crippen LogP contribution in [0.1, 0.15) is 17.4 Å². The van der Waals surface area contributed by atoms with E-state index in [9.17, 15) is 9.18 Å². The standard InChI is InChI=1S/C28H25ClF2N8OS.ClH/c29-20-9-16(1-2-23(20)37-6-3-32-4-7-37)17-10-21(31)19-14-39(36-22(19)11-17)26(27(40)35-28-33-5-8-41-28)25-24-12-18(30)13-38(24)15-34-25;/h1-2,5,8-11,14-15,18,26,32H,3-4,6-7,12-13H2,(H,33,35,40);1H. The van der Waals surface area contributed by atoms with Gasteiger partial charge in [0.25, 0.3) is 5.91 Å². The maximum Gasteiger partial charge on any atom is 0.257 e. The fraction of sp³-hybridized carbons (Fsp3) is 0.286. The largest absolute Gasteiger partial charge is 0.368 e. The molecule has 2 aliphatic heterocycles. The number of nitrogens with one attached hydrogen (secondary N) is 2. The lowest BCUT2D eigenvalue weighted by Crippen LogP contribution is -2.43. The summed E-state index contributed by atoms with van der Waals surface area (Å²) in [5.41, 5.74) is 3.68. The van der Waals surface area contributed by atoms with Crippen LogP contribution in [-0.2, 0) is 17.8 Å². The van der Waals surface area contributed by atoms with Crippen LogP contribution in [0.25, 0.3) is 22.0 Å². The summed E-state index contributed by atoms with van der Waals surface area (Å²) in [6.07, 6.45) is 3.69. The number of nitrogens with zero attached hydrogens (tertiary/aromatic N) is 6. The monoisotopic (exact) mass is 630 g/mol. The van der Waals surface area contributed by atoms with E-state index in [4.69, 9.17) is 11.6 Å². The van der Waals surface area contributed by atoms with Crippen molar-refractivity contribution in [1.29, 1.82) is 0 Å². The maximum absolute atomic E-state index is 15.5. The molecule has 0 saturated carbocycles. The number of fused-ring (bicyclic) bond motifs is 2. The van der Waals surface area contributed by atoms with Crippen LogP contribution >= 0.6 is 35.3 Å². The van der Waals surface area contributed by atoms with Crippen molar-refractivity contribution in [2.45, 2.75) is 25.2 Å². The van der Waals surface area contributed by atoms with Gasteiger partial charge in [0, 0.05) is 56.1 Å². The lowest BCUT2D eigenvalue weighted by Gasteiger charge is -2.30. The second-order valence-electron chi connectivity index (χ2n) is 10.2. The normalized spacial score (nSPS) is 17.2. The summed E-state index contributed by atoms with van der Waals surface area (Å²) >= 11 is 7.93. The van der Waals surface area contributed by atoms with E-state index in [2.05, 4.69) is 30.6 Å². The second kappa shape index (κ2) is 11.6. The molecule has 1 saturated heterocycles. The number of halogens is 4. The highest BCUT2D eigenvalue weighted by Crippen LogP contribution is 2.35. The molecule has 2 atom stereocenters. The Morgan fingerprint density at radius 2 is 2.00 bits per heavy atom. The minimum Gasteiger partial charge on any atom is -0.368 e. The van der Waals surface area contributed by atoms with Gasteiger partial charge in [-0.05, 0) is 35.4 Å². The number of anilines is 2. The summed E-state index contributed by atoms with van der Waals surface area (Å²) in [6, 6.07) is 7.88. The first-order valence-corrected chi connectivity index (χ1v) is 14.5. The highest BCUT2D eigenvalue weighted by molar-refractivity contribution is 7.13. The molecule has 2 unspecified atom stereocenters. The van der Waals surface area contributed by atoms with Crippen molar-refractivity contribution in [2.24, 2.45) is 0 Å². The zero-order valence-electron chi connectivity index (χ0n) is 22.1. The van der Waals surface area contributed by atoms with Gasteiger partial charge in [0.05, 0.1) is 40.2 Å². The maximum atomic E-state index is 15.5. The Bertz CT molecular complexity index is 1750. The van der Waals surface area contributed by atoms with Gasteiger partial charge in [0.2, 0.25) is 0 Å². The molecule has 1 amide bonds. The van der Waals surface area contributed by atoms with Crippen LogP contribution in [0, 0.1) is 5.82 Å². The fourth-order valence-electron chi connectivity index (χ4n) is 5.59. The first kappa shape index (κ1) is 28.5. The van der Waals surface area contributed by atoms with E-state index in [1.165, 1.54) is 34.6 Å². The summed E-state index contributed by atoms with van der Waals surface area (Å²) in [5, 5.41) is 13.8. The lowest BCUT2D eigenvalue weighted by molar-refractivity contribution is -0.118. The van der Waals surface area contributed by atoms with Crippen LogP contribution in [0.3, 0.4) is 0 Å². The number of thiazole rings is 1. The molecule has 218 valence electrons. The predicted octanol–water partition coefficient (Wildman–Crippen LogP) is 5.10. The molecule has 5 aromatic rings. The lowest BCUT2D eigenvalue weighted by atomic mass is 10.0. The number of hydrogen-bond donors (Lipinski definition) is 2. The van der Waals surface area contributed by atoms with E-state index in [1.54, 1.807) is 22.2 Å². The third-order valence-electron chi connectivity index (χ3n) is 7.55. The number of alkyl halides is 1. The topological polar surface area (TPSA) is 92.9 Å². The van der Waals surface area contributed by atoms with Gasteiger partial charge in [-0.1, -0.05) is 17.7 Å². The molecule has 42 heavy (non-hydrogen) atoms. The van der Waals surface area contributed by atoms with Gasteiger partial charge in [-0.15, -0.1) is 23.7 Å². The van der Waals surface area contributed by atoms with E-state index < -0.39 is 23.9 Å². The number of amides is 1. The number of carbonyl (C=O) groups excluding carboxylic acids is 1. The van der Waals surface area contributed by atoms with Crippen LogP contribution in [-0.4, -0.2) is 62.6 Å². The molecule has 1 fully saturated rings. The number of benzene rings is 2. The quantitative estimate of drug-likeness (QED) is 0.271. The summed E-state index contributed by atoms with van der Waals surface area (Å²) in [7, 11) is 0. The highest BCUT2D eigenvalue weighted by Gasteiger charge is 2.34.